The highest BCUT2D eigenvalue weighted by molar-refractivity contribution is 6.00. The number of amides is 1. The predicted molar refractivity (Wildman–Crippen MR) is 96.2 cm³/mol. The van der Waals surface area contributed by atoms with Gasteiger partial charge in [-0.1, -0.05) is 0 Å². The lowest BCUT2D eigenvalue weighted by atomic mass is 10.1. The van der Waals surface area contributed by atoms with Gasteiger partial charge in [0.1, 0.15) is 18.1 Å². The van der Waals surface area contributed by atoms with E-state index in [9.17, 15) is 18.8 Å². The molecule has 27 heavy (non-hydrogen) atoms. The third kappa shape index (κ3) is 5.91. The summed E-state index contributed by atoms with van der Waals surface area (Å²) in [4.78, 5) is 36.0. The summed E-state index contributed by atoms with van der Waals surface area (Å²) in [7, 11) is 0. The lowest BCUT2D eigenvalue weighted by Gasteiger charge is -2.13. The fourth-order valence-electron chi connectivity index (χ4n) is 2.26. The highest BCUT2D eigenvalue weighted by Gasteiger charge is 2.20. The summed E-state index contributed by atoms with van der Waals surface area (Å²) in [6.45, 7) is 3.41. The maximum atomic E-state index is 12.9. The van der Waals surface area contributed by atoms with E-state index in [-0.39, 0.29) is 12.1 Å². The minimum Gasteiger partial charge on any atom is -0.494 e. The van der Waals surface area contributed by atoms with Crippen LogP contribution in [0.1, 0.15) is 34.6 Å². The quantitative estimate of drug-likeness (QED) is 0.568. The number of esters is 1. The second-order valence-corrected chi connectivity index (χ2v) is 5.64. The molecule has 0 aliphatic heterocycles. The number of benzene rings is 2. The van der Waals surface area contributed by atoms with Gasteiger partial charge in [-0.05, 0) is 62.4 Å². The predicted octanol–water partition coefficient (Wildman–Crippen LogP) is 2.77. The zero-order chi connectivity index (χ0) is 19.8. The summed E-state index contributed by atoms with van der Waals surface area (Å²) in [5, 5.41) is 2.43. The fourth-order valence-corrected chi connectivity index (χ4v) is 2.26. The van der Waals surface area contributed by atoms with Gasteiger partial charge in [0.2, 0.25) is 5.78 Å². The van der Waals surface area contributed by atoms with Crippen LogP contribution in [0.3, 0.4) is 0 Å². The van der Waals surface area contributed by atoms with Crippen LogP contribution in [-0.2, 0) is 9.53 Å². The molecule has 2 aromatic rings. The van der Waals surface area contributed by atoms with E-state index in [0.717, 1.165) is 12.1 Å². The molecule has 6 nitrogen and oxygen atoms in total. The molecule has 0 radical (unpaired) electrons. The molecule has 2 rings (SSSR count). The number of Topliss-reactive ketones (excluding diaryl/α,β-unsaturated/α-hetero) is 1. The number of carbonyl (C=O) groups excluding carboxylic acids is 3. The summed E-state index contributed by atoms with van der Waals surface area (Å²) in [6, 6.07) is 11.4. The Morgan fingerprint density at radius 3 is 2.19 bits per heavy atom. The van der Waals surface area contributed by atoms with Crippen molar-refractivity contribution in [1.82, 2.24) is 5.32 Å². The van der Waals surface area contributed by atoms with E-state index < -0.39 is 29.6 Å². The van der Waals surface area contributed by atoms with Crippen molar-refractivity contribution in [3.8, 4) is 5.75 Å². The normalized spacial score (nSPS) is 11.4. The van der Waals surface area contributed by atoms with E-state index in [4.69, 9.17) is 9.47 Å². The molecule has 0 saturated carbocycles. The minimum absolute atomic E-state index is 0.232. The molecule has 1 N–H and O–H groups in total. The van der Waals surface area contributed by atoms with Crippen LogP contribution in [0.5, 0.6) is 5.75 Å². The Bertz CT molecular complexity index is 802. The Morgan fingerprint density at radius 2 is 1.59 bits per heavy atom. The standard InChI is InChI=1S/C20H20FNO5/c1-3-26-17-10-6-15(7-11-17)20(25)22-12-18(23)27-13(2)19(24)14-4-8-16(21)9-5-14/h4-11,13H,3,12H2,1-2H3,(H,22,25)/t13-/m1/s1. The number of hydrogen-bond donors (Lipinski definition) is 1. The molecule has 0 heterocycles. The van der Waals surface area contributed by atoms with Gasteiger partial charge in [-0.3, -0.25) is 14.4 Å². The van der Waals surface area contributed by atoms with E-state index in [1.54, 1.807) is 24.3 Å². The van der Waals surface area contributed by atoms with Crippen molar-refractivity contribution >= 4 is 17.7 Å². The van der Waals surface area contributed by atoms with Crippen LogP contribution in [-0.4, -0.2) is 36.9 Å². The molecule has 1 atom stereocenters. The topological polar surface area (TPSA) is 81.7 Å². The zero-order valence-electron chi connectivity index (χ0n) is 15.0. The zero-order valence-corrected chi connectivity index (χ0v) is 15.0. The van der Waals surface area contributed by atoms with Crippen LogP contribution in [0, 0.1) is 5.82 Å². The van der Waals surface area contributed by atoms with Gasteiger partial charge in [-0.2, -0.15) is 0 Å². The molecule has 0 unspecified atom stereocenters. The molecule has 1 amide bonds. The molecule has 0 fully saturated rings. The van der Waals surface area contributed by atoms with Gasteiger partial charge < -0.3 is 14.8 Å². The molecule has 0 aliphatic rings. The summed E-state index contributed by atoms with van der Waals surface area (Å²) in [5.41, 5.74) is 0.594. The third-order valence-electron chi connectivity index (χ3n) is 3.63. The van der Waals surface area contributed by atoms with Crippen molar-refractivity contribution in [2.75, 3.05) is 13.2 Å². The lowest BCUT2D eigenvalue weighted by molar-refractivity contribution is -0.145. The third-order valence-corrected chi connectivity index (χ3v) is 3.63. The van der Waals surface area contributed by atoms with Crippen LogP contribution in [0.2, 0.25) is 0 Å². The molecule has 0 aliphatic carbocycles. The summed E-state index contributed by atoms with van der Waals surface area (Å²) < 4.78 is 23.2. The summed E-state index contributed by atoms with van der Waals surface area (Å²) in [6.07, 6.45) is -1.05. The molecule has 0 saturated heterocycles. The number of halogens is 1. The molecular weight excluding hydrogens is 353 g/mol. The van der Waals surface area contributed by atoms with Gasteiger partial charge in [0.05, 0.1) is 6.61 Å². The highest BCUT2D eigenvalue weighted by Crippen LogP contribution is 2.12. The average Bonchev–Trinajstić information content (AvgIpc) is 2.67. The highest BCUT2D eigenvalue weighted by atomic mass is 19.1. The van der Waals surface area contributed by atoms with Gasteiger partial charge in [-0.25, -0.2) is 4.39 Å². The van der Waals surface area contributed by atoms with Crippen molar-refractivity contribution in [2.24, 2.45) is 0 Å². The van der Waals surface area contributed by atoms with Gasteiger partial charge in [0, 0.05) is 11.1 Å². The Morgan fingerprint density at radius 1 is 1.00 bits per heavy atom. The first-order chi connectivity index (χ1) is 12.9. The van der Waals surface area contributed by atoms with Gasteiger partial charge in [-0.15, -0.1) is 0 Å². The lowest BCUT2D eigenvalue weighted by Crippen LogP contribution is -2.34. The second kappa shape index (κ2) is 9.47. The number of rotatable bonds is 8. The monoisotopic (exact) mass is 373 g/mol. The number of carbonyl (C=O) groups is 3. The molecule has 142 valence electrons. The van der Waals surface area contributed by atoms with Crippen molar-refractivity contribution in [1.29, 1.82) is 0 Å². The maximum absolute atomic E-state index is 12.9. The van der Waals surface area contributed by atoms with Gasteiger partial charge in [0.15, 0.2) is 6.10 Å². The van der Waals surface area contributed by atoms with E-state index in [0.29, 0.717) is 17.9 Å². The number of hydrogen-bond acceptors (Lipinski definition) is 5. The first-order valence-electron chi connectivity index (χ1n) is 8.41. The van der Waals surface area contributed by atoms with Crippen LogP contribution in [0.4, 0.5) is 4.39 Å². The van der Waals surface area contributed by atoms with Crippen molar-refractivity contribution in [3.63, 3.8) is 0 Å². The maximum Gasteiger partial charge on any atom is 0.326 e. The molecule has 2 aromatic carbocycles. The number of ether oxygens (including phenoxy) is 2. The van der Waals surface area contributed by atoms with Crippen LogP contribution >= 0.6 is 0 Å². The largest absolute Gasteiger partial charge is 0.494 e. The van der Waals surface area contributed by atoms with Crippen molar-refractivity contribution in [2.45, 2.75) is 20.0 Å². The van der Waals surface area contributed by atoms with E-state index >= 15 is 0 Å². The Hall–Kier alpha value is -3.22. The van der Waals surface area contributed by atoms with Crippen LogP contribution in [0.25, 0.3) is 0 Å². The van der Waals surface area contributed by atoms with Gasteiger partial charge in [0.25, 0.3) is 5.91 Å². The van der Waals surface area contributed by atoms with Crippen molar-refractivity contribution < 1.29 is 28.2 Å². The fraction of sp³-hybridized carbons (Fsp3) is 0.250. The number of ketones is 1. The first-order valence-corrected chi connectivity index (χ1v) is 8.41. The van der Waals surface area contributed by atoms with Crippen LogP contribution in [0.15, 0.2) is 48.5 Å². The smallest absolute Gasteiger partial charge is 0.326 e. The summed E-state index contributed by atoms with van der Waals surface area (Å²) in [5.74, 6) is -1.49. The van der Waals surface area contributed by atoms with Gasteiger partial charge >= 0.3 is 5.97 Å². The van der Waals surface area contributed by atoms with E-state index in [2.05, 4.69) is 5.32 Å². The van der Waals surface area contributed by atoms with Crippen molar-refractivity contribution in [3.05, 3.63) is 65.5 Å². The minimum atomic E-state index is -1.05. The number of nitrogens with one attached hydrogen (secondary N) is 1. The summed E-state index contributed by atoms with van der Waals surface area (Å²) >= 11 is 0. The Kier molecular flexibility index (Phi) is 7.05. The Balaban J connectivity index is 1.83. The van der Waals surface area contributed by atoms with Crippen LogP contribution < -0.4 is 10.1 Å². The average molecular weight is 373 g/mol. The molecule has 0 spiro atoms. The Labute approximate surface area is 156 Å². The molecule has 7 heteroatoms. The molecule has 0 aromatic heterocycles. The van der Waals surface area contributed by atoms with E-state index in [1.807, 2.05) is 6.92 Å². The second-order valence-electron chi connectivity index (χ2n) is 5.64. The first kappa shape index (κ1) is 20.1. The van der Waals surface area contributed by atoms with E-state index in [1.165, 1.54) is 19.1 Å². The molecule has 0 bridgehead atoms. The SMILES string of the molecule is CCOc1ccc(C(=O)NCC(=O)O[C@H](C)C(=O)c2ccc(F)cc2)cc1. The molecular formula is C20H20FNO5.